The van der Waals surface area contributed by atoms with Gasteiger partial charge in [-0.05, 0) is 13.3 Å². The Balaban J connectivity index is 2.74. The second-order valence-corrected chi connectivity index (χ2v) is 3.31. The maximum atomic E-state index is 11.6. The van der Waals surface area contributed by atoms with Gasteiger partial charge >= 0.3 is 5.69 Å². The summed E-state index contributed by atoms with van der Waals surface area (Å²) in [7, 11) is 0. The predicted octanol–water partition coefficient (Wildman–Crippen LogP) is 1.09. The lowest BCUT2D eigenvalue weighted by atomic mass is 10.2. The Labute approximate surface area is 80.8 Å². The number of hydrogen-bond acceptors (Lipinski definition) is 3. The lowest BCUT2D eigenvalue weighted by molar-refractivity contribution is 0.529. The van der Waals surface area contributed by atoms with Gasteiger partial charge in [0, 0.05) is 6.04 Å². The average molecular weight is 192 g/mol. The van der Waals surface area contributed by atoms with Crippen LogP contribution in [-0.2, 0) is 0 Å². The molecule has 0 spiro atoms. The number of hydrogen-bond donors (Lipinski definition) is 1. The topological polar surface area (TPSA) is 63.6 Å². The molecule has 2 aromatic heterocycles. The molecule has 5 nitrogen and oxygen atoms in total. The van der Waals surface area contributed by atoms with Crippen molar-refractivity contribution in [3.8, 4) is 0 Å². The number of rotatable bonds is 2. The molecule has 1 unspecified atom stereocenters. The van der Waals surface area contributed by atoms with Crippen LogP contribution in [0.5, 0.6) is 0 Å². The maximum absolute atomic E-state index is 11.6. The molecule has 2 aromatic rings. The third kappa shape index (κ3) is 1.21. The number of aromatic nitrogens is 4. The van der Waals surface area contributed by atoms with E-state index in [-0.39, 0.29) is 11.7 Å². The Hall–Kier alpha value is -1.65. The van der Waals surface area contributed by atoms with Crippen LogP contribution in [0.15, 0.2) is 17.3 Å². The van der Waals surface area contributed by atoms with E-state index in [2.05, 4.69) is 15.0 Å². The van der Waals surface area contributed by atoms with Gasteiger partial charge in [0.05, 0.1) is 6.20 Å². The van der Waals surface area contributed by atoms with Crippen molar-refractivity contribution < 1.29 is 0 Å². The Bertz CT molecular complexity index is 499. The molecule has 0 aromatic carbocycles. The highest BCUT2D eigenvalue weighted by molar-refractivity contribution is 5.69. The van der Waals surface area contributed by atoms with E-state index >= 15 is 0 Å². The minimum Gasteiger partial charge on any atom is -0.290 e. The van der Waals surface area contributed by atoms with E-state index in [1.807, 2.05) is 13.8 Å². The summed E-state index contributed by atoms with van der Waals surface area (Å²) >= 11 is 0. The van der Waals surface area contributed by atoms with E-state index in [1.165, 1.54) is 6.33 Å². The smallest absolute Gasteiger partial charge is 0.290 e. The molecule has 0 saturated carbocycles. The largest absolute Gasteiger partial charge is 0.327 e. The zero-order valence-corrected chi connectivity index (χ0v) is 8.19. The van der Waals surface area contributed by atoms with Gasteiger partial charge in [-0.1, -0.05) is 6.92 Å². The standard InChI is InChI=1S/C9H12N4O/c1-3-6(2)13-7-4-10-5-11-8(7)12-9(13)14/h4-6H,3H2,1-2H3,(H,10,11,12,14). The van der Waals surface area contributed by atoms with E-state index < -0.39 is 0 Å². The molecule has 0 bridgehead atoms. The van der Waals surface area contributed by atoms with Crippen LogP contribution in [0.1, 0.15) is 26.3 Å². The molecular weight excluding hydrogens is 180 g/mol. The minimum atomic E-state index is -0.116. The monoisotopic (exact) mass is 192 g/mol. The van der Waals surface area contributed by atoms with Crippen LogP contribution in [0.4, 0.5) is 0 Å². The normalized spacial score (nSPS) is 13.3. The fraction of sp³-hybridized carbons (Fsp3) is 0.444. The molecule has 0 aliphatic rings. The SMILES string of the molecule is CCC(C)n1c(=O)[nH]c2ncncc21. The molecule has 0 fully saturated rings. The molecule has 2 heterocycles. The van der Waals surface area contributed by atoms with Crippen molar-refractivity contribution >= 4 is 11.2 Å². The molecule has 0 aliphatic heterocycles. The first-order valence-electron chi connectivity index (χ1n) is 4.64. The van der Waals surface area contributed by atoms with Gasteiger partial charge in [-0.15, -0.1) is 0 Å². The molecule has 0 aliphatic carbocycles. The molecule has 1 atom stereocenters. The summed E-state index contributed by atoms with van der Waals surface area (Å²) in [6.07, 6.45) is 3.99. The lowest BCUT2D eigenvalue weighted by Crippen LogP contribution is -2.19. The molecule has 0 saturated heterocycles. The van der Waals surface area contributed by atoms with Crippen LogP contribution in [-0.4, -0.2) is 19.5 Å². The second-order valence-electron chi connectivity index (χ2n) is 3.31. The fourth-order valence-corrected chi connectivity index (χ4v) is 1.49. The Kier molecular flexibility index (Phi) is 2.07. The van der Waals surface area contributed by atoms with Crippen molar-refractivity contribution in [1.82, 2.24) is 19.5 Å². The Morgan fingerprint density at radius 1 is 1.64 bits per heavy atom. The predicted molar refractivity (Wildman–Crippen MR) is 53.2 cm³/mol. The van der Waals surface area contributed by atoms with Crippen molar-refractivity contribution in [3.63, 3.8) is 0 Å². The van der Waals surface area contributed by atoms with E-state index in [0.29, 0.717) is 5.65 Å². The number of H-pyrrole nitrogens is 1. The minimum absolute atomic E-state index is 0.116. The van der Waals surface area contributed by atoms with Gasteiger partial charge < -0.3 is 0 Å². The number of imidazole rings is 1. The van der Waals surface area contributed by atoms with E-state index in [4.69, 9.17) is 0 Å². The molecular formula is C9H12N4O. The summed E-state index contributed by atoms with van der Waals surface area (Å²) in [6, 6.07) is 0.169. The molecule has 74 valence electrons. The van der Waals surface area contributed by atoms with Crippen LogP contribution in [0.2, 0.25) is 0 Å². The highest BCUT2D eigenvalue weighted by Crippen LogP contribution is 2.13. The third-order valence-corrected chi connectivity index (χ3v) is 2.43. The first-order valence-corrected chi connectivity index (χ1v) is 4.64. The van der Waals surface area contributed by atoms with Gasteiger partial charge in [-0.25, -0.2) is 14.8 Å². The summed E-state index contributed by atoms with van der Waals surface area (Å²) in [5.74, 6) is 0. The van der Waals surface area contributed by atoms with Gasteiger partial charge in [0.25, 0.3) is 0 Å². The van der Waals surface area contributed by atoms with Gasteiger partial charge in [0.1, 0.15) is 11.8 Å². The zero-order chi connectivity index (χ0) is 10.1. The van der Waals surface area contributed by atoms with Crippen molar-refractivity contribution in [1.29, 1.82) is 0 Å². The van der Waals surface area contributed by atoms with Crippen LogP contribution in [0.25, 0.3) is 11.2 Å². The van der Waals surface area contributed by atoms with Crippen molar-refractivity contribution in [2.45, 2.75) is 26.3 Å². The summed E-state index contributed by atoms with van der Waals surface area (Å²) in [6.45, 7) is 4.04. The Morgan fingerprint density at radius 2 is 2.43 bits per heavy atom. The van der Waals surface area contributed by atoms with Crippen molar-refractivity contribution in [2.24, 2.45) is 0 Å². The van der Waals surface area contributed by atoms with Gasteiger partial charge in [0.15, 0.2) is 5.65 Å². The lowest BCUT2D eigenvalue weighted by Gasteiger charge is -2.09. The van der Waals surface area contributed by atoms with Crippen LogP contribution < -0.4 is 5.69 Å². The molecule has 14 heavy (non-hydrogen) atoms. The van der Waals surface area contributed by atoms with E-state index in [0.717, 1.165) is 11.9 Å². The van der Waals surface area contributed by atoms with Crippen LogP contribution in [0.3, 0.4) is 0 Å². The number of fused-ring (bicyclic) bond motifs is 1. The zero-order valence-electron chi connectivity index (χ0n) is 8.19. The first-order chi connectivity index (χ1) is 6.74. The maximum Gasteiger partial charge on any atom is 0.327 e. The fourth-order valence-electron chi connectivity index (χ4n) is 1.49. The quantitative estimate of drug-likeness (QED) is 0.774. The summed E-state index contributed by atoms with van der Waals surface area (Å²) in [5.41, 5.74) is 1.26. The Morgan fingerprint density at radius 3 is 3.14 bits per heavy atom. The highest BCUT2D eigenvalue weighted by atomic mass is 16.1. The molecule has 2 rings (SSSR count). The molecule has 0 amide bonds. The third-order valence-electron chi connectivity index (χ3n) is 2.43. The van der Waals surface area contributed by atoms with Gasteiger partial charge in [-0.3, -0.25) is 9.55 Å². The second kappa shape index (κ2) is 3.25. The first kappa shape index (κ1) is 8.93. The van der Waals surface area contributed by atoms with Crippen LogP contribution in [0, 0.1) is 0 Å². The van der Waals surface area contributed by atoms with Crippen molar-refractivity contribution in [2.75, 3.05) is 0 Å². The summed E-state index contributed by atoms with van der Waals surface area (Å²) < 4.78 is 1.69. The van der Waals surface area contributed by atoms with Crippen molar-refractivity contribution in [3.05, 3.63) is 23.0 Å². The van der Waals surface area contributed by atoms with E-state index in [1.54, 1.807) is 10.8 Å². The average Bonchev–Trinajstić information content (AvgIpc) is 2.53. The molecule has 5 heteroatoms. The summed E-state index contributed by atoms with van der Waals surface area (Å²) in [4.78, 5) is 22.2. The number of nitrogens with zero attached hydrogens (tertiary/aromatic N) is 3. The molecule has 1 N–H and O–H groups in total. The van der Waals surface area contributed by atoms with Crippen LogP contribution >= 0.6 is 0 Å². The number of aromatic amines is 1. The van der Waals surface area contributed by atoms with Gasteiger partial charge in [-0.2, -0.15) is 0 Å². The summed E-state index contributed by atoms with van der Waals surface area (Å²) in [5, 5.41) is 0. The van der Waals surface area contributed by atoms with E-state index in [9.17, 15) is 4.79 Å². The number of nitrogens with one attached hydrogen (secondary N) is 1. The van der Waals surface area contributed by atoms with Gasteiger partial charge in [0.2, 0.25) is 0 Å². The molecule has 0 radical (unpaired) electrons. The highest BCUT2D eigenvalue weighted by Gasteiger charge is 2.11.